The number of rotatable bonds is 7. The van der Waals surface area contributed by atoms with E-state index in [9.17, 15) is 8.78 Å². The van der Waals surface area contributed by atoms with Gasteiger partial charge in [-0.15, -0.1) is 0 Å². The summed E-state index contributed by atoms with van der Waals surface area (Å²) in [4.78, 5) is 0. The van der Waals surface area contributed by atoms with Crippen molar-refractivity contribution in [1.29, 1.82) is 0 Å². The topological polar surface area (TPSA) is 65.1 Å². The van der Waals surface area contributed by atoms with Gasteiger partial charge >= 0.3 is 6.61 Å². The number of benzene rings is 1. The molecule has 21 heavy (non-hydrogen) atoms. The van der Waals surface area contributed by atoms with E-state index in [2.05, 4.69) is 15.3 Å². The van der Waals surface area contributed by atoms with Gasteiger partial charge in [0.15, 0.2) is 0 Å². The fraction of sp³-hybridized carbons (Fsp3) is 0.357. The number of nitrogens with zero attached hydrogens (tertiary/aromatic N) is 2. The van der Waals surface area contributed by atoms with Gasteiger partial charge in [0.05, 0.1) is 12.2 Å². The van der Waals surface area contributed by atoms with Crippen LogP contribution in [0.5, 0.6) is 5.75 Å². The first-order valence-electron chi connectivity index (χ1n) is 6.64. The fourth-order valence-electron chi connectivity index (χ4n) is 2.10. The minimum atomic E-state index is -2.84. The van der Waals surface area contributed by atoms with Gasteiger partial charge in [0.1, 0.15) is 5.75 Å². The molecule has 1 aromatic carbocycles. The predicted octanol–water partition coefficient (Wildman–Crippen LogP) is 2.25. The first-order valence-corrected chi connectivity index (χ1v) is 6.64. The van der Waals surface area contributed by atoms with E-state index in [0.717, 1.165) is 17.7 Å². The summed E-state index contributed by atoms with van der Waals surface area (Å²) < 4.78 is 30.7. The molecule has 0 saturated carbocycles. The van der Waals surface area contributed by atoms with Gasteiger partial charge in [-0.25, -0.2) is 0 Å². The normalized spacial score (nSPS) is 12.6. The summed E-state index contributed by atoms with van der Waals surface area (Å²) in [6, 6.07) is 6.31. The van der Waals surface area contributed by atoms with Crippen molar-refractivity contribution in [1.82, 2.24) is 15.2 Å². The lowest BCUT2D eigenvalue weighted by Crippen LogP contribution is -2.29. The van der Waals surface area contributed by atoms with Crippen molar-refractivity contribution >= 4 is 0 Å². The van der Waals surface area contributed by atoms with Crippen LogP contribution in [0.4, 0.5) is 8.78 Å². The van der Waals surface area contributed by atoms with Gasteiger partial charge in [0.25, 0.3) is 0 Å². The Kier molecular flexibility index (Phi) is 5.24. The molecule has 1 aromatic heterocycles. The second-order valence-electron chi connectivity index (χ2n) is 4.58. The SMILES string of the molecule is CCn1cc(CC(NN)c2cccc(OC(F)F)c2)cn1. The van der Waals surface area contributed by atoms with E-state index < -0.39 is 6.61 Å². The lowest BCUT2D eigenvalue weighted by Gasteiger charge is -2.16. The zero-order valence-corrected chi connectivity index (χ0v) is 11.7. The van der Waals surface area contributed by atoms with Gasteiger partial charge < -0.3 is 4.74 Å². The van der Waals surface area contributed by atoms with Crippen LogP contribution in [0.15, 0.2) is 36.7 Å². The zero-order chi connectivity index (χ0) is 15.2. The molecule has 0 fully saturated rings. The molecule has 0 aliphatic heterocycles. The van der Waals surface area contributed by atoms with Crippen LogP contribution in [0.1, 0.15) is 24.1 Å². The van der Waals surface area contributed by atoms with Gasteiger partial charge in [-0.2, -0.15) is 13.9 Å². The summed E-state index contributed by atoms with van der Waals surface area (Å²) in [5, 5.41) is 4.20. The third-order valence-corrected chi connectivity index (χ3v) is 3.14. The molecule has 7 heteroatoms. The smallest absolute Gasteiger partial charge is 0.387 e. The minimum absolute atomic E-state index is 0.118. The zero-order valence-electron chi connectivity index (χ0n) is 11.7. The maximum atomic E-state index is 12.3. The monoisotopic (exact) mass is 296 g/mol. The molecule has 0 spiro atoms. The molecular formula is C14H18F2N4O. The van der Waals surface area contributed by atoms with Crippen molar-refractivity contribution in [2.75, 3.05) is 0 Å². The molecule has 114 valence electrons. The van der Waals surface area contributed by atoms with Gasteiger partial charge in [-0.1, -0.05) is 12.1 Å². The van der Waals surface area contributed by atoms with Crippen LogP contribution >= 0.6 is 0 Å². The average molecular weight is 296 g/mol. The molecular weight excluding hydrogens is 278 g/mol. The van der Waals surface area contributed by atoms with Gasteiger partial charge in [0.2, 0.25) is 0 Å². The number of aromatic nitrogens is 2. The first kappa shape index (κ1) is 15.4. The Hall–Kier alpha value is -1.99. The van der Waals surface area contributed by atoms with E-state index in [0.29, 0.717) is 6.42 Å². The van der Waals surface area contributed by atoms with Crippen molar-refractivity contribution in [3.8, 4) is 5.75 Å². The Balaban J connectivity index is 2.12. The average Bonchev–Trinajstić information content (AvgIpc) is 2.92. The van der Waals surface area contributed by atoms with Gasteiger partial charge in [-0.05, 0) is 36.6 Å². The number of hydrogen-bond donors (Lipinski definition) is 2. The molecule has 0 aliphatic carbocycles. The van der Waals surface area contributed by atoms with Crippen molar-refractivity contribution in [2.45, 2.75) is 32.5 Å². The number of hydrazine groups is 1. The highest BCUT2D eigenvalue weighted by Gasteiger charge is 2.13. The summed E-state index contributed by atoms with van der Waals surface area (Å²) >= 11 is 0. The highest BCUT2D eigenvalue weighted by molar-refractivity contribution is 5.31. The Bertz CT molecular complexity index is 574. The van der Waals surface area contributed by atoms with Crippen LogP contribution in [0.25, 0.3) is 0 Å². The van der Waals surface area contributed by atoms with Crippen molar-refractivity contribution < 1.29 is 13.5 Å². The molecule has 0 amide bonds. The standard InChI is InChI=1S/C14H18F2N4O/c1-2-20-9-10(8-18-20)6-13(19-17)11-4-3-5-12(7-11)21-14(15)16/h3-5,7-9,13-14,19H,2,6,17H2,1H3. The molecule has 1 heterocycles. The van der Waals surface area contributed by atoms with E-state index in [1.165, 1.54) is 6.07 Å². The summed E-state index contributed by atoms with van der Waals surface area (Å²) in [6.45, 7) is -0.0497. The predicted molar refractivity (Wildman–Crippen MR) is 74.7 cm³/mol. The summed E-state index contributed by atoms with van der Waals surface area (Å²) in [5.74, 6) is 5.69. The Morgan fingerprint density at radius 1 is 1.43 bits per heavy atom. The molecule has 3 N–H and O–H groups in total. The lowest BCUT2D eigenvalue weighted by molar-refractivity contribution is -0.0499. The Labute approximate surface area is 121 Å². The van der Waals surface area contributed by atoms with Crippen LogP contribution in [-0.4, -0.2) is 16.4 Å². The molecule has 2 rings (SSSR count). The molecule has 1 unspecified atom stereocenters. The maximum Gasteiger partial charge on any atom is 0.387 e. The molecule has 0 radical (unpaired) electrons. The summed E-state index contributed by atoms with van der Waals surface area (Å²) in [5.41, 5.74) is 4.49. The van der Waals surface area contributed by atoms with Crippen LogP contribution < -0.4 is 16.0 Å². The van der Waals surface area contributed by atoms with E-state index in [1.807, 2.05) is 23.9 Å². The maximum absolute atomic E-state index is 12.3. The largest absolute Gasteiger partial charge is 0.435 e. The number of ether oxygens (including phenoxy) is 1. The van der Waals surface area contributed by atoms with Gasteiger partial charge in [0, 0.05) is 12.7 Å². The van der Waals surface area contributed by atoms with E-state index in [-0.39, 0.29) is 11.8 Å². The molecule has 0 aliphatic rings. The summed E-state index contributed by atoms with van der Waals surface area (Å²) in [6.07, 6.45) is 4.31. The van der Waals surface area contributed by atoms with E-state index in [4.69, 9.17) is 5.84 Å². The second kappa shape index (κ2) is 7.14. The third kappa shape index (κ3) is 4.24. The lowest BCUT2D eigenvalue weighted by atomic mass is 10.0. The first-order chi connectivity index (χ1) is 10.1. The fourth-order valence-corrected chi connectivity index (χ4v) is 2.10. The number of alkyl halides is 2. The number of nitrogens with two attached hydrogens (primary N) is 1. The van der Waals surface area contributed by atoms with Crippen LogP contribution in [0.2, 0.25) is 0 Å². The molecule has 0 bridgehead atoms. The number of nitrogens with one attached hydrogen (secondary N) is 1. The Morgan fingerprint density at radius 3 is 2.86 bits per heavy atom. The molecule has 2 aromatic rings. The molecule has 1 atom stereocenters. The summed E-state index contributed by atoms with van der Waals surface area (Å²) in [7, 11) is 0. The quantitative estimate of drug-likeness (QED) is 0.607. The van der Waals surface area contributed by atoms with Crippen molar-refractivity contribution in [2.24, 2.45) is 5.84 Å². The minimum Gasteiger partial charge on any atom is -0.435 e. The van der Waals surface area contributed by atoms with Gasteiger partial charge in [-0.3, -0.25) is 16.0 Å². The Morgan fingerprint density at radius 2 is 2.24 bits per heavy atom. The number of halogens is 2. The van der Waals surface area contributed by atoms with E-state index >= 15 is 0 Å². The highest BCUT2D eigenvalue weighted by Crippen LogP contribution is 2.23. The highest BCUT2D eigenvalue weighted by atomic mass is 19.3. The van der Waals surface area contributed by atoms with E-state index in [1.54, 1.807) is 18.3 Å². The molecule has 5 nitrogen and oxygen atoms in total. The van der Waals surface area contributed by atoms with Crippen molar-refractivity contribution in [3.63, 3.8) is 0 Å². The van der Waals surface area contributed by atoms with Crippen molar-refractivity contribution in [3.05, 3.63) is 47.8 Å². The number of aryl methyl sites for hydroxylation is 1. The van der Waals surface area contributed by atoms with Crippen LogP contribution in [0, 0.1) is 0 Å². The van der Waals surface area contributed by atoms with Crippen LogP contribution in [-0.2, 0) is 13.0 Å². The third-order valence-electron chi connectivity index (χ3n) is 3.14. The second-order valence-corrected chi connectivity index (χ2v) is 4.58. The number of hydrogen-bond acceptors (Lipinski definition) is 4. The molecule has 0 saturated heterocycles. The van der Waals surface area contributed by atoms with Crippen LogP contribution in [0.3, 0.4) is 0 Å².